The molecule has 0 unspecified atom stereocenters. The average Bonchev–Trinajstić information content (AvgIpc) is 2.41. The molecule has 0 radical (unpaired) electrons. The summed E-state index contributed by atoms with van der Waals surface area (Å²) in [5.74, 6) is -1.06. The average molecular weight is 361 g/mol. The summed E-state index contributed by atoms with van der Waals surface area (Å²) in [7, 11) is 0. The van der Waals surface area contributed by atoms with Crippen LogP contribution in [0.3, 0.4) is 0 Å². The molecule has 1 N–H and O–H groups in total. The molecule has 0 aromatic heterocycles. The van der Waals surface area contributed by atoms with Crippen molar-refractivity contribution in [3.63, 3.8) is 0 Å². The van der Waals surface area contributed by atoms with E-state index in [-0.39, 0.29) is 23.2 Å². The monoisotopic (exact) mass is 361 g/mol. The van der Waals surface area contributed by atoms with Crippen LogP contribution in [-0.4, -0.2) is 29.5 Å². The molecule has 132 valence electrons. The molecule has 0 fully saturated rings. The summed E-state index contributed by atoms with van der Waals surface area (Å²) in [5.41, 5.74) is -4.40. The molecule has 0 atom stereocenters. The number of ether oxygens (including phenoxy) is 1. The zero-order valence-corrected chi connectivity index (χ0v) is 14.3. The number of alkyl halides is 3. The SMILES string of the molecule is CC(C)(C)OC(=O)CNC(=O)/C=C/c1ccc(SC(F)(F)F)cc1. The van der Waals surface area contributed by atoms with E-state index in [1.54, 1.807) is 20.8 Å². The first-order chi connectivity index (χ1) is 10.9. The second kappa shape index (κ2) is 8.23. The Bertz CT molecular complexity index is 604. The topological polar surface area (TPSA) is 55.4 Å². The fourth-order valence-electron chi connectivity index (χ4n) is 1.55. The highest BCUT2D eigenvalue weighted by Crippen LogP contribution is 2.36. The van der Waals surface area contributed by atoms with Gasteiger partial charge in [-0.3, -0.25) is 9.59 Å². The van der Waals surface area contributed by atoms with Gasteiger partial charge >= 0.3 is 11.5 Å². The number of benzene rings is 1. The van der Waals surface area contributed by atoms with E-state index in [0.29, 0.717) is 5.56 Å². The number of rotatable bonds is 5. The normalized spacial score (nSPS) is 12.2. The lowest BCUT2D eigenvalue weighted by Gasteiger charge is -2.19. The van der Waals surface area contributed by atoms with E-state index in [9.17, 15) is 22.8 Å². The maximum absolute atomic E-state index is 12.2. The second-order valence-electron chi connectivity index (χ2n) is 5.75. The summed E-state index contributed by atoms with van der Waals surface area (Å²) >= 11 is -0.205. The lowest BCUT2D eigenvalue weighted by atomic mass is 10.2. The van der Waals surface area contributed by atoms with Crippen LogP contribution in [0, 0.1) is 0 Å². The van der Waals surface area contributed by atoms with Gasteiger partial charge in [-0.1, -0.05) is 12.1 Å². The number of carbonyl (C=O) groups excluding carboxylic acids is 2. The van der Waals surface area contributed by atoms with Crippen LogP contribution >= 0.6 is 11.8 Å². The Kier molecular flexibility index (Phi) is 6.89. The van der Waals surface area contributed by atoms with Crippen LogP contribution in [0.2, 0.25) is 0 Å². The van der Waals surface area contributed by atoms with Crippen molar-refractivity contribution in [1.82, 2.24) is 5.32 Å². The van der Waals surface area contributed by atoms with Crippen molar-refractivity contribution < 1.29 is 27.5 Å². The third-order valence-corrected chi connectivity index (χ3v) is 3.11. The van der Waals surface area contributed by atoms with Gasteiger partial charge in [-0.2, -0.15) is 13.2 Å². The van der Waals surface area contributed by atoms with Gasteiger partial charge in [-0.25, -0.2) is 0 Å². The van der Waals surface area contributed by atoms with Crippen LogP contribution in [0.15, 0.2) is 35.2 Å². The van der Waals surface area contributed by atoms with Crippen LogP contribution in [0.4, 0.5) is 13.2 Å². The van der Waals surface area contributed by atoms with Gasteiger partial charge in [-0.15, -0.1) is 0 Å². The largest absolute Gasteiger partial charge is 0.459 e. The van der Waals surface area contributed by atoms with Crippen LogP contribution < -0.4 is 5.32 Å². The summed E-state index contributed by atoms with van der Waals surface area (Å²) in [6, 6.07) is 5.56. The minimum absolute atomic E-state index is 0.0639. The third kappa shape index (κ3) is 9.24. The number of halogens is 3. The molecule has 0 aliphatic heterocycles. The number of thioether (sulfide) groups is 1. The van der Waals surface area contributed by atoms with E-state index in [0.717, 1.165) is 0 Å². The Balaban J connectivity index is 2.48. The van der Waals surface area contributed by atoms with E-state index in [1.165, 1.54) is 36.4 Å². The number of esters is 1. The summed E-state index contributed by atoms with van der Waals surface area (Å²) in [5, 5.41) is 2.36. The first-order valence-electron chi connectivity index (χ1n) is 6.98. The predicted octanol–water partition coefficient (Wildman–Crippen LogP) is 3.77. The Morgan fingerprint density at radius 3 is 2.25 bits per heavy atom. The van der Waals surface area contributed by atoms with Gasteiger partial charge in [0.15, 0.2) is 0 Å². The molecule has 0 bridgehead atoms. The van der Waals surface area contributed by atoms with E-state index in [4.69, 9.17) is 4.74 Å². The summed E-state index contributed by atoms with van der Waals surface area (Å²) in [4.78, 5) is 23.1. The Morgan fingerprint density at radius 1 is 1.17 bits per heavy atom. The van der Waals surface area contributed by atoms with Gasteiger partial charge < -0.3 is 10.1 Å². The van der Waals surface area contributed by atoms with Gasteiger partial charge in [0.25, 0.3) is 0 Å². The van der Waals surface area contributed by atoms with E-state index < -0.39 is 23.0 Å². The van der Waals surface area contributed by atoms with E-state index in [2.05, 4.69) is 5.32 Å². The molecule has 0 saturated heterocycles. The van der Waals surface area contributed by atoms with Crippen molar-refractivity contribution in [2.75, 3.05) is 6.54 Å². The standard InChI is InChI=1S/C16H18F3NO3S/c1-15(2,3)23-14(22)10-20-13(21)9-6-11-4-7-12(8-5-11)24-16(17,18)19/h4-9H,10H2,1-3H3,(H,20,21)/b9-6+. The van der Waals surface area contributed by atoms with Crippen molar-refractivity contribution >= 4 is 29.7 Å². The molecule has 0 aliphatic carbocycles. The highest BCUT2D eigenvalue weighted by atomic mass is 32.2. The fourth-order valence-corrected chi connectivity index (χ4v) is 2.09. The van der Waals surface area contributed by atoms with Crippen molar-refractivity contribution in [2.45, 2.75) is 36.8 Å². The zero-order valence-electron chi connectivity index (χ0n) is 13.4. The number of nitrogens with one attached hydrogen (secondary N) is 1. The molecule has 1 aromatic carbocycles. The molecule has 8 heteroatoms. The maximum atomic E-state index is 12.2. The molecule has 1 rings (SSSR count). The lowest BCUT2D eigenvalue weighted by Crippen LogP contribution is -2.33. The van der Waals surface area contributed by atoms with Gasteiger partial charge in [0.05, 0.1) is 0 Å². The predicted molar refractivity (Wildman–Crippen MR) is 86.2 cm³/mol. The maximum Gasteiger partial charge on any atom is 0.446 e. The molecule has 0 saturated carbocycles. The molecule has 4 nitrogen and oxygen atoms in total. The minimum Gasteiger partial charge on any atom is -0.459 e. The third-order valence-electron chi connectivity index (χ3n) is 2.37. The number of amides is 1. The summed E-state index contributed by atoms with van der Waals surface area (Å²) in [6.45, 7) is 4.88. The van der Waals surface area contributed by atoms with E-state index in [1.807, 2.05) is 0 Å². The highest BCUT2D eigenvalue weighted by Gasteiger charge is 2.28. The molecule has 1 aromatic rings. The molecule has 0 heterocycles. The first-order valence-corrected chi connectivity index (χ1v) is 7.80. The van der Waals surface area contributed by atoms with Crippen molar-refractivity contribution in [1.29, 1.82) is 0 Å². The smallest absolute Gasteiger partial charge is 0.446 e. The summed E-state index contributed by atoms with van der Waals surface area (Å²) < 4.78 is 41.7. The number of hydrogen-bond donors (Lipinski definition) is 1. The van der Waals surface area contributed by atoms with Crippen LogP contribution in [-0.2, 0) is 14.3 Å². The lowest BCUT2D eigenvalue weighted by molar-refractivity contribution is -0.154. The summed E-state index contributed by atoms with van der Waals surface area (Å²) in [6.07, 6.45) is 2.63. The van der Waals surface area contributed by atoms with Crippen LogP contribution in [0.25, 0.3) is 6.08 Å². The highest BCUT2D eigenvalue weighted by molar-refractivity contribution is 8.00. The van der Waals surface area contributed by atoms with Crippen LogP contribution in [0.5, 0.6) is 0 Å². The van der Waals surface area contributed by atoms with Crippen molar-refractivity contribution in [2.24, 2.45) is 0 Å². The van der Waals surface area contributed by atoms with Gasteiger partial charge in [-0.05, 0) is 56.3 Å². The van der Waals surface area contributed by atoms with E-state index >= 15 is 0 Å². The van der Waals surface area contributed by atoms with Gasteiger partial charge in [0.1, 0.15) is 12.1 Å². The van der Waals surface area contributed by atoms with Crippen molar-refractivity contribution in [3.05, 3.63) is 35.9 Å². The Morgan fingerprint density at radius 2 is 1.75 bits per heavy atom. The minimum atomic E-state index is -4.33. The molecule has 24 heavy (non-hydrogen) atoms. The quantitative estimate of drug-likeness (QED) is 0.493. The van der Waals surface area contributed by atoms with Crippen molar-refractivity contribution in [3.8, 4) is 0 Å². The molecule has 0 aliphatic rings. The van der Waals surface area contributed by atoms with Crippen LogP contribution in [0.1, 0.15) is 26.3 Å². The second-order valence-corrected chi connectivity index (χ2v) is 6.89. The van der Waals surface area contributed by atoms with Gasteiger partial charge in [0.2, 0.25) is 5.91 Å². The first kappa shape index (κ1) is 20.1. The molecular weight excluding hydrogens is 343 g/mol. The molecule has 1 amide bonds. The van der Waals surface area contributed by atoms with Gasteiger partial charge in [0, 0.05) is 11.0 Å². The Labute approximate surface area is 142 Å². The number of carbonyl (C=O) groups is 2. The zero-order chi connectivity index (χ0) is 18.4. The fraction of sp³-hybridized carbons (Fsp3) is 0.375. The molecular formula is C16H18F3NO3S. The molecule has 0 spiro atoms. The Hall–Kier alpha value is -1.96. The number of hydrogen-bond acceptors (Lipinski definition) is 4.